The molecule has 0 radical (unpaired) electrons. The van der Waals surface area contributed by atoms with Crippen molar-refractivity contribution in [2.75, 3.05) is 5.32 Å². The molecule has 1 amide bonds. The van der Waals surface area contributed by atoms with Gasteiger partial charge >= 0.3 is 5.69 Å². The number of nitrogens with zero attached hydrogens (tertiary/aromatic N) is 3. The smallest absolute Gasteiger partial charge is 0.326 e. The van der Waals surface area contributed by atoms with Crippen molar-refractivity contribution in [2.24, 2.45) is 0 Å². The monoisotopic (exact) mass is 364 g/mol. The lowest BCUT2D eigenvalue weighted by atomic mass is 10.1. The summed E-state index contributed by atoms with van der Waals surface area (Å²) in [4.78, 5) is 36.7. The molecule has 0 spiro atoms. The van der Waals surface area contributed by atoms with Gasteiger partial charge in [-0.15, -0.1) is 0 Å². The number of carbonyl (C=O) groups excluding carboxylic acids is 1. The molecule has 0 saturated carbocycles. The van der Waals surface area contributed by atoms with E-state index in [9.17, 15) is 14.4 Å². The zero-order valence-corrected chi connectivity index (χ0v) is 15.4. The van der Waals surface area contributed by atoms with Gasteiger partial charge in [0, 0.05) is 12.6 Å². The fourth-order valence-corrected chi connectivity index (χ4v) is 2.73. The van der Waals surface area contributed by atoms with Gasteiger partial charge in [-0.25, -0.2) is 4.79 Å². The van der Waals surface area contributed by atoms with Crippen LogP contribution in [0.25, 0.3) is 5.69 Å². The number of benzene rings is 2. The molecule has 0 fully saturated rings. The number of hydrogen-bond acceptors (Lipinski definition) is 4. The van der Waals surface area contributed by atoms with E-state index in [-0.39, 0.29) is 18.1 Å². The Morgan fingerprint density at radius 1 is 1.07 bits per heavy atom. The summed E-state index contributed by atoms with van der Waals surface area (Å²) in [7, 11) is 0. The third-order valence-electron chi connectivity index (χ3n) is 4.09. The van der Waals surface area contributed by atoms with Crippen molar-refractivity contribution in [2.45, 2.75) is 27.3 Å². The first-order chi connectivity index (χ1) is 12.8. The quantitative estimate of drug-likeness (QED) is 0.767. The van der Waals surface area contributed by atoms with Gasteiger partial charge in [0.15, 0.2) is 0 Å². The number of anilines is 1. The van der Waals surface area contributed by atoms with Crippen LogP contribution in [0.4, 0.5) is 5.69 Å². The second kappa shape index (κ2) is 7.41. The van der Waals surface area contributed by atoms with Crippen molar-refractivity contribution in [1.82, 2.24) is 14.3 Å². The Labute approximate surface area is 155 Å². The van der Waals surface area contributed by atoms with Crippen LogP contribution in [0.5, 0.6) is 0 Å². The van der Waals surface area contributed by atoms with Gasteiger partial charge in [0.1, 0.15) is 5.69 Å². The molecule has 0 atom stereocenters. The van der Waals surface area contributed by atoms with E-state index in [1.54, 1.807) is 31.2 Å². The van der Waals surface area contributed by atoms with E-state index in [4.69, 9.17) is 0 Å². The standard InChI is InChI=1S/C20H20N4O3/c1-13-7-9-16(10-8-13)12-23-19(26)14(2)22-24(20(23)27)18-6-4-5-17(11-18)21-15(3)25/h4-11H,12H2,1-3H3,(H,21,25). The predicted molar refractivity (Wildman–Crippen MR) is 103 cm³/mol. The van der Waals surface area contributed by atoms with Crippen LogP contribution in [0.3, 0.4) is 0 Å². The average Bonchev–Trinajstić information content (AvgIpc) is 2.63. The fraction of sp³-hybridized carbons (Fsp3) is 0.200. The van der Waals surface area contributed by atoms with Crippen LogP contribution in [-0.2, 0) is 11.3 Å². The summed E-state index contributed by atoms with van der Waals surface area (Å²) < 4.78 is 2.34. The fourth-order valence-electron chi connectivity index (χ4n) is 2.73. The molecule has 0 aliphatic rings. The molecule has 0 aliphatic heterocycles. The van der Waals surface area contributed by atoms with Gasteiger partial charge in [0.2, 0.25) is 5.91 Å². The molecule has 7 nitrogen and oxygen atoms in total. The van der Waals surface area contributed by atoms with Gasteiger partial charge in [0.25, 0.3) is 5.56 Å². The Balaban J connectivity index is 2.09. The first kappa shape index (κ1) is 18.3. The topological polar surface area (TPSA) is 86.0 Å². The van der Waals surface area contributed by atoms with Crippen molar-refractivity contribution in [3.05, 3.63) is 86.2 Å². The lowest BCUT2D eigenvalue weighted by Gasteiger charge is -2.12. The van der Waals surface area contributed by atoms with E-state index in [2.05, 4.69) is 10.4 Å². The molecule has 1 aromatic heterocycles. The minimum Gasteiger partial charge on any atom is -0.326 e. The van der Waals surface area contributed by atoms with Crippen LogP contribution in [0, 0.1) is 13.8 Å². The third-order valence-corrected chi connectivity index (χ3v) is 4.09. The molecule has 1 heterocycles. The Bertz CT molecular complexity index is 1110. The molecular formula is C20H20N4O3. The predicted octanol–water partition coefficient (Wildman–Crippen LogP) is 2.02. The van der Waals surface area contributed by atoms with Crippen molar-refractivity contribution < 1.29 is 4.79 Å². The number of aryl methyl sites for hydroxylation is 2. The number of rotatable bonds is 4. The number of nitrogens with one attached hydrogen (secondary N) is 1. The van der Waals surface area contributed by atoms with E-state index in [1.165, 1.54) is 11.6 Å². The van der Waals surface area contributed by atoms with Gasteiger partial charge in [-0.2, -0.15) is 9.78 Å². The maximum absolute atomic E-state index is 12.9. The largest absolute Gasteiger partial charge is 0.352 e. The molecule has 0 aliphatic carbocycles. The maximum Gasteiger partial charge on any atom is 0.352 e. The summed E-state index contributed by atoms with van der Waals surface area (Å²) in [6, 6.07) is 14.4. The van der Waals surface area contributed by atoms with Crippen LogP contribution in [-0.4, -0.2) is 20.3 Å². The van der Waals surface area contributed by atoms with Crippen LogP contribution < -0.4 is 16.6 Å². The molecule has 138 valence electrons. The molecule has 27 heavy (non-hydrogen) atoms. The molecule has 0 unspecified atom stereocenters. The molecule has 7 heteroatoms. The minimum absolute atomic E-state index is 0.159. The van der Waals surface area contributed by atoms with E-state index >= 15 is 0 Å². The van der Waals surface area contributed by atoms with Gasteiger partial charge in [-0.1, -0.05) is 35.9 Å². The second-order valence-corrected chi connectivity index (χ2v) is 6.39. The highest BCUT2D eigenvalue weighted by molar-refractivity contribution is 5.88. The molecular weight excluding hydrogens is 344 g/mol. The van der Waals surface area contributed by atoms with Gasteiger partial charge in [0.05, 0.1) is 12.2 Å². The van der Waals surface area contributed by atoms with E-state index in [0.717, 1.165) is 15.7 Å². The average molecular weight is 364 g/mol. The molecule has 3 aromatic rings. The van der Waals surface area contributed by atoms with Crippen LogP contribution in [0.15, 0.2) is 58.1 Å². The van der Waals surface area contributed by atoms with Crippen molar-refractivity contribution >= 4 is 11.6 Å². The van der Waals surface area contributed by atoms with Crippen molar-refractivity contribution in [3.63, 3.8) is 0 Å². The Morgan fingerprint density at radius 2 is 1.78 bits per heavy atom. The van der Waals surface area contributed by atoms with Crippen LogP contribution in [0.2, 0.25) is 0 Å². The lowest BCUT2D eigenvalue weighted by molar-refractivity contribution is -0.114. The number of amides is 1. The Hall–Kier alpha value is -3.48. The number of aromatic nitrogens is 3. The van der Waals surface area contributed by atoms with Crippen molar-refractivity contribution in [3.8, 4) is 5.69 Å². The molecule has 0 saturated heterocycles. The lowest BCUT2D eigenvalue weighted by Crippen LogP contribution is -2.42. The molecule has 1 N–H and O–H groups in total. The summed E-state index contributed by atoms with van der Waals surface area (Å²) in [6.45, 7) is 5.11. The van der Waals surface area contributed by atoms with E-state index < -0.39 is 11.2 Å². The summed E-state index contributed by atoms with van der Waals surface area (Å²) in [6.07, 6.45) is 0. The summed E-state index contributed by atoms with van der Waals surface area (Å²) >= 11 is 0. The highest BCUT2D eigenvalue weighted by Gasteiger charge is 2.13. The summed E-state index contributed by atoms with van der Waals surface area (Å²) in [5.74, 6) is -0.215. The van der Waals surface area contributed by atoms with E-state index in [1.807, 2.05) is 31.2 Å². The van der Waals surface area contributed by atoms with Gasteiger partial charge < -0.3 is 5.32 Å². The van der Waals surface area contributed by atoms with E-state index in [0.29, 0.717) is 11.4 Å². The van der Waals surface area contributed by atoms with Gasteiger partial charge in [-0.05, 0) is 37.6 Å². The first-order valence-corrected chi connectivity index (χ1v) is 8.49. The van der Waals surface area contributed by atoms with Crippen LogP contribution >= 0.6 is 0 Å². The zero-order valence-electron chi connectivity index (χ0n) is 15.4. The van der Waals surface area contributed by atoms with Crippen LogP contribution in [0.1, 0.15) is 23.7 Å². The molecule has 0 bridgehead atoms. The summed E-state index contributed by atoms with van der Waals surface area (Å²) in [5.41, 5.74) is 2.22. The highest BCUT2D eigenvalue weighted by atomic mass is 16.2. The SMILES string of the molecule is CC(=O)Nc1cccc(-n2nc(C)c(=O)n(Cc3ccc(C)cc3)c2=O)c1. The maximum atomic E-state index is 12.9. The normalized spacial score (nSPS) is 10.6. The second-order valence-electron chi connectivity index (χ2n) is 6.39. The zero-order chi connectivity index (χ0) is 19.6. The highest BCUT2D eigenvalue weighted by Crippen LogP contribution is 2.12. The van der Waals surface area contributed by atoms with Crippen molar-refractivity contribution in [1.29, 1.82) is 0 Å². The number of hydrogen-bond donors (Lipinski definition) is 1. The molecule has 3 rings (SSSR count). The van der Waals surface area contributed by atoms with Gasteiger partial charge in [-0.3, -0.25) is 14.2 Å². The minimum atomic E-state index is -0.536. The molecule has 2 aromatic carbocycles. The Kier molecular flexibility index (Phi) is 5.03. The third kappa shape index (κ3) is 4.03. The number of carbonyl (C=O) groups is 1. The first-order valence-electron chi connectivity index (χ1n) is 8.49. The Morgan fingerprint density at radius 3 is 2.44 bits per heavy atom. The summed E-state index contributed by atoms with van der Waals surface area (Å²) in [5, 5.41) is 6.81.